The first-order chi connectivity index (χ1) is 11.1. The third kappa shape index (κ3) is 3.73. The Labute approximate surface area is 144 Å². The van der Waals surface area contributed by atoms with E-state index in [-0.39, 0.29) is 27.9 Å². The molecule has 0 spiro atoms. The monoisotopic (exact) mass is 379 g/mol. The lowest BCUT2D eigenvalue weighted by molar-refractivity contribution is -0.137. The second kappa shape index (κ2) is 6.86. The van der Waals surface area contributed by atoms with Crippen LogP contribution >= 0.6 is 23.2 Å². The third-order valence-electron chi connectivity index (χ3n) is 3.02. The SMILES string of the molecule is CCOC(=O)c1ccn(-c2c(Cl)cc(C(F)(F)F)cc2Cl)c(=O)c1. The number of alkyl halides is 3. The fourth-order valence-electron chi connectivity index (χ4n) is 1.96. The average Bonchev–Trinajstić information content (AvgIpc) is 2.47. The first-order valence-corrected chi connectivity index (χ1v) is 7.37. The molecule has 2 rings (SSSR count). The molecule has 0 saturated heterocycles. The minimum Gasteiger partial charge on any atom is -0.462 e. The summed E-state index contributed by atoms with van der Waals surface area (Å²) in [5.41, 5.74) is -1.81. The van der Waals surface area contributed by atoms with Crippen molar-refractivity contribution >= 4 is 29.2 Å². The van der Waals surface area contributed by atoms with E-state index in [1.807, 2.05) is 0 Å². The van der Waals surface area contributed by atoms with Gasteiger partial charge in [0.05, 0.1) is 33.5 Å². The number of rotatable bonds is 3. The van der Waals surface area contributed by atoms with Crippen LogP contribution in [0.1, 0.15) is 22.8 Å². The van der Waals surface area contributed by atoms with Gasteiger partial charge in [-0.05, 0) is 25.1 Å². The summed E-state index contributed by atoms with van der Waals surface area (Å²) < 4.78 is 43.9. The van der Waals surface area contributed by atoms with Crippen LogP contribution in [0.2, 0.25) is 10.0 Å². The predicted octanol–water partition coefficient (Wildman–Crippen LogP) is 4.34. The summed E-state index contributed by atoms with van der Waals surface area (Å²) in [6, 6.07) is 3.62. The van der Waals surface area contributed by atoms with Crippen LogP contribution in [0, 0.1) is 0 Å². The zero-order chi connectivity index (χ0) is 18.1. The number of ether oxygens (including phenoxy) is 1. The van der Waals surface area contributed by atoms with Gasteiger partial charge >= 0.3 is 12.1 Å². The van der Waals surface area contributed by atoms with E-state index < -0.39 is 23.3 Å². The molecule has 0 radical (unpaired) electrons. The molecule has 24 heavy (non-hydrogen) atoms. The second-order valence-corrected chi connectivity index (χ2v) is 5.44. The highest BCUT2D eigenvalue weighted by molar-refractivity contribution is 6.37. The maximum atomic E-state index is 12.7. The van der Waals surface area contributed by atoms with E-state index in [0.717, 1.165) is 10.6 Å². The van der Waals surface area contributed by atoms with Crippen LogP contribution in [0.4, 0.5) is 13.2 Å². The molecule has 0 atom stereocenters. The summed E-state index contributed by atoms with van der Waals surface area (Å²) in [5.74, 6) is -0.689. The Hall–Kier alpha value is -1.99. The van der Waals surface area contributed by atoms with E-state index in [0.29, 0.717) is 12.1 Å². The van der Waals surface area contributed by atoms with Gasteiger partial charge in [0.1, 0.15) is 0 Å². The van der Waals surface area contributed by atoms with Crippen molar-refractivity contribution in [2.24, 2.45) is 0 Å². The van der Waals surface area contributed by atoms with Crippen LogP contribution in [-0.4, -0.2) is 17.1 Å². The Bertz CT molecular complexity index is 824. The highest BCUT2D eigenvalue weighted by atomic mass is 35.5. The van der Waals surface area contributed by atoms with Crippen LogP contribution in [-0.2, 0) is 10.9 Å². The zero-order valence-corrected chi connectivity index (χ0v) is 13.7. The van der Waals surface area contributed by atoms with Gasteiger partial charge in [-0.3, -0.25) is 9.36 Å². The quantitative estimate of drug-likeness (QED) is 0.745. The van der Waals surface area contributed by atoms with Gasteiger partial charge in [-0.25, -0.2) is 4.79 Å². The Morgan fingerprint density at radius 2 is 1.79 bits per heavy atom. The van der Waals surface area contributed by atoms with Crippen LogP contribution in [0.15, 0.2) is 35.3 Å². The van der Waals surface area contributed by atoms with Crippen molar-refractivity contribution in [3.8, 4) is 5.69 Å². The Kier molecular flexibility index (Phi) is 5.25. The molecule has 0 aliphatic heterocycles. The standard InChI is InChI=1S/C15H10Cl2F3NO3/c1-2-24-14(23)8-3-4-21(12(22)5-8)13-10(16)6-9(7-11(13)17)15(18,19)20/h3-7H,2H2,1H3. The minimum absolute atomic E-state index is 0.0113. The average molecular weight is 380 g/mol. The lowest BCUT2D eigenvalue weighted by Gasteiger charge is -2.14. The van der Waals surface area contributed by atoms with Crippen molar-refractivity contribution in [1.82, 2.24) is 4.57 Å². The fraction of sp³-hybridized carbons (Fsp3) is 0.200. The van der Waals surface area contributed by atoms with Crippen LogP contribution < -0.4 is 5.56 Å². The zero-order valence-electron chi connectivity index (χ0n) is 12.2. The molecule has 9 heteroatoms. The number of esters is 1. The van der Waals surface area contributed by atoms with E-state index in [2.05, 4.69) is 0 Å². The van der Waals surface area contributed by atoms with Crippen molar-refractivity contribution in [1.29, 1.82) is 0 Å². The maximum Gasteiger partial charge on any atom is 0.416 e. The van der Waals surface area contributed by atoms with Gasteiger partial charge in [0.25, 0.3) is 5.56 Å². The molecule has 0 aliphatic rings. The van der Waals surface area contributed by atoms with Crippen molar-refractivity contribution in [2.75, 3.05) is 6.61 Å². The normalized spacial score (nSPS) is 11.4. The summed E-state index contributed by atoms with van der Waals surface area (Å²) >= 11 is 11.7. The molecule has 0 aliphatic carbocycles. The largest absolute Gasteiger partial charge is 0.462 e. The van der Waals surface area contributed by atoms with Crippen molar-refractivity contribution in [3.05, 3.63) is 62.0 Å². The highest BCUT2D eigenvalue weighted by Gasteiger charge is 2.32. The van der Waals surface area contributed by atoms with Gasteiger partial charge in [-0.1, -0.05) is 23.2 Å². The number of nitrogens with zero attached hydrogens (tertiary/aromatic N) is 1. The minimum atomic E-state index is -4.62. The molecule has 0 fully saturated rings. The lowest BCUT2D eigenvalue weighted by Crippen LogP contribution is -2.20. The number of pyridine rings is 1. The Morgan fingerprint density at radius 1 is 1.21 bits per heavy atom. The summed E-state index contributed by atoms with van der Waals surface area (Å²) in [4.78, 5) is 23.7. The van der Waals surface area contributed by atoms with Gasteiger partial charge < -0.3 is 4.74 Å². The summed E-state index contributed by atoms with van der Waals surface area (Å²) in [7, 11) is 0. The molecule has 1 aromatic carbocycles. The second-order valence-electron chi connectivity index (χ2n) is 4.63. The van der Waals surface area contributed by atoms with E-state index in [1.54, 1.807) is 6.92 Å². The van der Waals surface area contributed by atoms with Gasteiger partial charge in [0.15, 0.2) is 0 Å². The van der Waals surface area contributed by atoms with Crippen molar-refractivity contribution in [3.63, 3.8) is 0 Å². The Morgan fingerprint density at radius 3 is 2.25 bits per heavy atom. The summed E-state index contributed by atoms with van der Waals surface area (Å²) in [6.45, 7) is 1.75. The molecule has 0 unspecified atom stereocenters. The number of halogens is 5. The molecule has 0 N–H and O–H groups in total. The number of carbonyl (C=O) groups excluding carboxylic acids is 1. The smallest absolute Gasteiger partial charge is 0.416 e. The number of benzene rings is 1. The molecule has 128 valence electrons. The van der Waals surface area contributed by atoms with Crippen molar-refractivity contribution in [2.45, 2.75) is 13.1 Å². The highest BCUT2D eigenvalue weighted by Crippen LogP contribution is 2.37. The topological polar surface area (TPSA) is 48.3 Å². The number of hydrogen-bond acceptors (Lipinski definition) is 3. The van der Waals surface area contributed by atoms with Crippen LogP contribution in [0.25, 0.3) is 5.69 Å². The maximum absolute atomic E-state index is 12.7. The van der Waals surface area contributed by atoms with Gasteiger partial charge in [0, 0.05) is 12.3 Å². The number of aromatic nitrogens is 1. The van der Waals surface area contributed by atoms with Crippen LogP contribution in [0.3, 0.4) is 0 Å². The molecule has 0 saturated carbocycles. The molecule has 0 amide bonds. The van der Waals surface area contributed by atoms with Gasteiger partial charge in [0.2, 0.25) is 0 Å². The predicted molar refractivity (Wildman–Crippen MR) is 83.0 cm³/mol. The lowest BCUT2D eigenvalue weighted by atomic mass is 10.2. The first-order valence-electron chi connectivity index (χ1n) is 6.61. The van der Waals surface area contributed by atoms with E-state index in [1.165, 1.54) is 12.3 Å². The van der Waals surface area contributed by atoms with E-state index in [9.17, 15) is 22.8 Å². The number of carbonyl (C=O) groups is 1. The van der Waals surface area contributed by atoms with E-state index in [4.69, 9.17) is 27.9 Å². The molecular weight excluding hydrogens is 370 g/mol. The molecule has 1 heterocycles. The molecule has 2 aromatic rings. The summed E-state index contributed by atoms with van der Waals surface area (Å²) in [6.07, 6.45) is -3.43. The van der Waals surface area contributed by atoms with Gasteiger partial charge in [-0.2, -0.15) is 13.2 Å². The fourth-order valence-corrected chi connectivity index (χ4v) is 2.63. The molecule has 0 bridgehead atoms. The molecule has 4 nitrogen and oxygen atoms in total. The molecule has 1 aromatic heterocycles. The third-order valence-corrected chi connectivity index (χ3v) is 3.59. The van der Waals surface area contributed by atoms with Gasteiger partial charge in [-0.15, -0.1) is 0 Å². The first kappa shape index (κ1) is 18.4. The Balaban J connectivity index is 2.54. The van der Waals surface area contributed by atoms with Crippen molar-refractivity contribution < 1.29 is 22.7 Å². The van der Waals surface area contributed by atoms with E-state index >= 15 is 0 Å². The summed E-state index contributed by atoms with van der Waals surface area (Å²) in [5, 5.41) is -0.693. The number of hydrogen-bond donors (Lipinski definition) is 0. The van der Waals surface area contributed by atoms with Crippen LogP contribution in [0.5, 0.6) is 0 Å². The molecular formula is C15H10Cl2F3NO3.